The summed E-state index contributed by atoms with van der Waals surface area (Å²) < 4.78 is 38.1. The first-order chi connectivity index (χ1) is 11.3. The average Bonchev–Trinajstić information content (AvgIpc) is 2.54. The van der Waals surface area contributed by atoms with Gasteiger partial charge in [-0.3, -0.25) is 9.59 Å². The molecule has 0 spiro atoms. The molecule has 5 nitrogen and oxygen atoms in total. The summed E-state index contributed by atoms with van der Waals surface area (Å²) in [6, 6.07) is 7.63. The Hall–Kier alpha value is -2.64. The van der Waals surface area contributed by atoms with Gasteiger partial charge in [0.1, 0.15) is 5.69 Å². The first kappa shape index (κ1) is 17.7. The molecule has 0 aliphatic rings. The maximum Gasteiger partial charge on any atom is 0.416 e. The molecule has 2 rings (SSSR count). The lowest BCUT2D eigenvalue weighted by molar-refractivity contribution is -0.137. The monoisotopic (exact) mass is 339 g/mol. The second-order valence-electron chi connectivity index (χ2n) is 5.38. The van der Waals surface area contributed by atoms with Crippen LogP contribution in [0.5, 0.6) is 0 Å². The van der Waals surface area contributed by atoms with E-state index in [2.05, 4.69) is 15.5 Å². The van der Waals surface area contributed by atoms with Gasteiger partial charge in [0.25, 0.3) is 11.5 Å². The Morgan fingerprint density at radius 1 is 1.29 bits per heavy atom. The zero-order valence-corrected chi connectivity index (χ0v) is 12.9. The molecule has 0 bridgehead atoms. The molecule has 0 unspecified atom stereocenters. The third-order valence-electron chi connectivity index (χ3n) is 3.56. The topological polar surface area (TPSA) is 74.8 Å². The van der Waals surface area contributed by atoms with Crippen molar-refractivity contribution in [2.75, 3.05) is 6.54 Å². The van der Waals surface area contributed by atoms with Gasteiger partial charge in [0.2, 0.25) is 0 Å². The van der Waals surface area contributed by atoms with Crippen LogP contribution in [0.4, 0.5) is 13.2 Å². The van der Waals surface area contributed by atoms with Crippen molar-refractivity contribution in [1.29, 1.82) is 0 Å². The number of nitrogens with zero attached hydrogens (tertiary/aromatic N) is 1. The van der Waals surface area contributed by atoms with E-state index in [1.165, 1.54) is 18.2 Å². The van der Waals surface area contributed by atoms with Gasteiger partial charge in [-0.25, -0.2) is 5.10 Å². The van der Waals surface area contributed by atoms with Crippen LogP contribution in [0.2, 0.25) is 0 Å². The minimum absolute atomic E-state index is 0.0707. The molecule has 8 heteroatoms. The van der Waals surface area contributed by atoms with Gasteiger partial charge in [-0.15, -0.1) is 0 Å². The van der Waals surface area contributed by atoms with Gasteiger partial charge in [-0.1, -0.05) is 25.1 Å². The summed E-state index contributed by atoms with van der Waals surface area (Å²) in [5.74, 6) is -0.612. The molecule has 1 amide bonds. The van der Waals surface area contributed by atoms with Crippen molar-refractivity contribution in [2.45, 2.75) is 25.4 Å². The highest BCUT2D eigenvalue weighted by atomic mass is 19.4. The first-order valence-electron chi connectivity index (χ1n) is 7.28. The summed E-state index contributed by atoms with van der Waals surface area (Å²) in [6.07, 6.45) is -3.91. The number of nitrogens with one attached hydrogen (secondary N) is 2. The van der Waals surface area contributed by atoms with Crippen LogP contribution < -0.4 is 10.9 Å². The van der Waals surface area contributed by atoms with E-state index in [4.69, 9.17) is 0 Å². The molecule has 2 aromatic rings. The summed E-state index contributed by atoms with van der Waals surface area (Å²) in [7, 11) is 0. The summed E-state index contributed by atoms with van der Waals surface area (Å²) in [4.78, 5) is 22.7. The Morgan fingerprint density at radius 3 is 2.67 bits per heavy atom. The van der Waals surface area contributed by atoms with E-state index in [0.717, 1.165) is 12.1 Å². The zero-order valence-electron chi connectivity index (χ0n) is 12.9. The lowest BCUT2D eigenvalue weighted by Gasteiger charge is -2.14. The predicted molar refractivity (Wildman–Crippen MR) is 81.7 cm³/mol. The summed E-state index contributed by atoms with van der Waals surface area (Å²) in [5, 5.41) is 8.37. The number of halogens is 3. The molecule has 1 atom stereocenters. The number of aromatic nitrogens is 2. The van der Waals surface area contributed by atoms with Crippen molar-refractivity contribution >= 4 is 5.91 Å². The minimum atomic E-state index is -4.38. The van der Waals surface area contributed by atoms with Crippen LogP contribution in [0.3, 0.4) is 0 Å². The van der Waals surface area contributed by atoms with E-state index in [1.807, 2.05) is 0 Å². The van der Waals surface area contributed by atoms with E-state index in [1.54, 1.807) is 13.0 Å². The molecule has 0 radical (unpaired) electrons. The van der Waals surface area contributed by atoms with Crippen LogP contribution >= 0.6 is 0 Å². The molecule has 0 fully saturated rings. The van der Waals surface area contributed by atoms with E-state index in [9.17, 15) is 22.8 Å². The number of rotatable bonds is 5. The zero-order chi connectivity index (χ0) is 17.7. The Balaban J connectivity index is 1.91. The number of benzene rings is 1. The van der Waals surface area contributed by atoms with Crippen LogP contribution in [-0.4, -0.2) is 22.6 Å². The van der Waals surface area contributed by atoms with Crippen molar-refractivity contribution in [3.05, 3.63) is 63.6 Å². The normalized spacial score (nSPS) is 12.7. The molecule has 128 valence electrons. The second kappa shape index (κ2) is 7.29. The molecule has 24 heavy (non-hydrogen) atoms. The van der Waals surface area contributed by atoms with Crippen LogP contribution in [0.1, 0.15) is 40.9 Å². The summed E-state index contributed by atoms with van der Waals surface area (Å²) in [5.41, 5.74) is -0.472. The van der Waals surface area contributed by atoms with Crippen molar-refractivity contribution in [3.8, 4) is 0 Å². The molecular formula is C16H16F3N3O2. The van der Waals surface area contributed by atoms with Crippen molar-refractivity contribution < 1.29 is 18.0 Å². The fourth-order valence-electron chi connectivity index (χ4n) is 2.15. The van der Waals surface area contributed by atoms with Gasteiger partial charge < -0.3 is 5.32 Å². The van der Waals surface area contributed by atoms with Gasteiger partial charge in [0, 0.05) is 12.6 Å². The molecule has 0 aliphatic carbocycles. The highest BCUT2D eigenvalue weighted by Crippen LogP contribution is 2.31. The van der Waals surface area contributed by atoms with E-state index in [0.29, 0.717) is 12.0 Å². The second-order valence-corrected chi connectivity index (χ2v) is 5.38. The van der Waals surface area contributed by atoms with Crippen molar-refractivity contribution in [1.82, 2.24) is 15.5 Å². The lowest BCUT2D eigenvalue weighted by atomic mass is 9.96. The minimum Gasteiger partial charge on any atom is -0.351 e. The fourth-order valence-corrected chi connectivity index (χ4v) is 2.15. The SMILES string of the molecule is C[C@H](CCNC(=O)c1ccc(=O)[nH]n1)c1cccc(C(F)(F)F)c1. The number of hydrogen-bond donors (Lipinski definition) is 2. The van der Waals surface area contributed by atoms with Crippen LogP contribution in [0.15, 0.2) is 41.2 Å². The molecular weight excluding hydrogens is 323 g/mol. The average molecular weight is 339 g/mol. The van der Waals surface area contributed by atoms with Crippen LogP contribution in [0, 0.1) is 0 Å². The Morgan fingerprint density at radius 2 is 2.04 bits per heavy atom. The molecule has 1 heterocycles. The Kier molecular flexibility index (Phi) is 5.38. The molecule has 0 saturated carbocycles. The number of alkyl halides is 3. The van der Waals surface area contributed by atoms with Gasteiger partial charge in [-0.05, 0) is 30.0 Å². The quantitative estimate of drug-likeness (QED) is 0.879. The Labute approximate surface area is 135 Å². The molecule has 1 aromatic carbocycles. The van der Waals surface area contributed by atoms with E-state index in [-0.39, 0.29) is 18.2 Å². The highest BCUT2D eigenvalue weighted by Gasteiger charge is 2.30. The van der Waals surface area contributed by atoms with Crippen molar-refractivity contribution in [2.24, 2.45) is 0 Å². The molecule has 2 N–H and O–H groups in total. The maximum absolute atomic E-state index is 12.7. The third-order valence-corrected chi connectivity index (χ3v) is 3.56. The summed E-state index contributed by atoms with van der Waals surface area (Å²) >= 11 is 0. The number of carbonyl (C=O) groups excluding carboxylic acids is 1. The lowest BCUT2D eigenvalue weighted by Crippen LogP contribution is -2.27. The summed E-state index contributed by atoms with van der Waals surface area (Å²) in [6.45, 7) is 2.07. The first-order valence-corrected chi connectivity index (χ1v) is 7.28. The van der Waals surface area contributed by atoms with Crippen molar-refractivity contribution in [3.63, 3.8) is 0 Å². The van der Waals surface area contributed by atoms with Gasteiger partial charge in [-0.2, -0.15) is 18.3 Å². The number of carbonyl (C=O) groups is 1. The van der Waals surface area contributed by atoms with E-state index < -0.39 is 23.2 Å². The van der Waals surface area contributed by atoms with Crippen LogP contribution in [-0.2, 0) is 6.18 Å². The highest BCUT2D eigenvalue weighted by molar-refractivity contribution is 5.91. The number of aromatic amines is 1. The van der Waals surface area contributed by atoms with Crippen LogP contribution in [0.25, 0.3) is 0 Å². The molecule has 0 aliphatic heterocycles. The molecule has 1 aromatic heterocycles. The predicted octanol–water partition coefficient (Wildman–Crippen LogP) is 2.71. The molecule has 0 saturated heterocycles. The number of amides is 1. The third kappa shape index (κ3) is 4.68. The fraction of sp³-hybridized carbons (Fsp3) is 0.312. The maximum atomic E-state index is 12.7. The number of hydrogen-bond acceptors (Lipinski definition) is 3. The smallest absolute Gasteiger partial charge is 0.351 e. The largest absolute Gasteiger partial charge is 0.416 e. The number of H-pyrrole nitrogens is 1. The van der Waals surface area contributed by atoms with Gasteiger partial charge in [0.15, 0.2) is 0 Å². The standard InChI is InChI=1S/C16H16F3N3O2/c1-10(11-3-2-4-12(9-11)16(17,18)19)7-8-20-15(24)13-5-6-14(23)22-21-13/h2-6,9-10H,7-8H2,1H3,(H,20,24)(H,22,23)/t10-/m1/s1. The Bertz CT molecular complexity index is 751. The van der Waals surface area contributed by atoms with E-state index >= 15 is 0 Å². The van der Waals surface area contributed by atoms with Gasteiger partial charge in [0.05, 0.1) is 5.56 Å². The van der Waals surface area contributed by atoms with Gasteiger partial charge >= 0.3 is 6.18 Å².